The number of nitrogens with two attached hydrogens (primary N) is 1. The zero-order valence-corrected chi connectivity index (χ0v) is 11.5. The molecule has 18 heavy (non-hydrogen) atoms. The van der Waals surface area contributed by atoms with Crippen molar-refractivity contribution in [1.82, 2.24) is 0 Å². The first-order chi connectivity index (χ1) is 8.61. The minimum atomic E-state index is -0.476. The lowest BCUT2D eigenvalue weighted by Crippen LogP contribution is -2.13. The van der Waals surface area contributed by atoms with Crippen LogP contribution >= 0.6 is 15.9 Å². The monoisotopic (exact) mass is 308 g/mol. The van der Waals surface area contributed by atoms with Crippen molar-refractivity contribution >= 4 is 21.6 Å². The molecule has 3 N–H and O–H groups in total. The molecule has 0 saturated carbocycles. The number of hydrogen-bond acceptors (Lipinski definition) is 2. The average Bonchev–Trinajstić information content (AvgIpc) is 2.41. The van der Waals surface area contributed by atoms with E-state index in [1.54, 1.807) is 12.1 Å². The van der Waals surface area contributed by atoms with Gasteiger partial charge in [-0.15, -0.1) is 0 Å². The molecular weight excluding hydrogens is 295 g/mol. The summed E-state index contributed by atoms with van der Waals surface area (Å²) in [6.07, 6.45) is 0. The Balaban J connectivity index is 2.40. The smallest absolute Gasteiger partial charge is 0.128 e. The van der Waals surface area contributed by atoms with Gasteiger partial charge in [0.2, 0.25) is 0 Å². The van der Waals surface area contributed by atoms with Gasteiger partial charge in [0.05, 0.1) is 6.04 Å². The fourth-order valence-electron chi connectivity index (χ4n) is 1.82. The predicted octanol–water partition coefficient (Wildman–Crippen LogP) is 3.68. The summed E-state index contributed by atoms with van der Waals surface area (Å²) in [7, 11) is 1.84. The van der Waals surface area contributed by atoms with Gasteiger partial charge in [-0.3, -0.25) is 0 Å². The molecule has 0 fully saturated rings. The van der Waals surface area contributed by atoms with Crippen molar-refractivity contribution in [3.63, 3.8) is 0 Å². The Kier molecular flexibility index (Phi) is 3.99. The van der Waals surface area contributed by atoms with Gasteiger partial charge in [-0.05, 0) is 35.9 Å². The lowest BCUT2D eigenvalue weighted by Gasteiger charge is -2.15. The van der Waals surface area contributed by atoms with Crippen molar-refractivity contribution in [2.24, 2.45) is 5.73 Å². The van der Waals surface area contributed by atoms with Crippen LogP contribution in [0.15, 0.2) is 46.9 Å². The van der Waals surface area contributed by atoms with Crippen LogP contribution in [-0.4, -0.2) is 7.05 Å². The summed E-state index contributed by atoms with van der Waals surface area (Å²) >= 11 is 3.33. The van der Waals surface area contributed by atoms with Crippen LogP contribution in [0.4, 0.5) is 10.1 Å². The molecule has 2 aromatic carbocycles. The molecule has 0 heterocycles. The molecule has 0 radical (unpaired) electrons. The molecule has 0 aliphatic carbocycles. The molecule has 0 spiro atoms. The summed E-state index contributed by atoms with van der Waals surface area (Å²) in [4.78, 5) is 0. The number of benzene rings is 2. The van der Waals surface area contributed by atoms with Gasteiger partial charge in [-0.1, -0.05) is 28.1 Å². The molecule has 2 nitrogen and oxygen atoms in total. The third kappa shape index (κ3) is 2.71. The van der Waals surface area contributed by atoms with Gasteiger partial charge < -0.3 is 11.1 Å². The van der Waals surface area contributed by atoms with E-state index in [4.69, 9.17) is 5.73 Å². The van der Waals surface area contributed by atoms with Gasteiger partial charge >= 0.3 is 0 Å². The Labute approximate surface area is 114 Å². The highest BCUT2D eigenvalue weighted by Gasteiger charge is 2.14. The normalized spacial score (nSPS) is 12.2. The highest BCUT2D eigenvalue weighted by Crippen LogP contribution is 2.26. The largest absolute Gasteiger partial charge is 0.388 e. The summed E-state index contributed by atoms with van der Waals surface area (Å²) in [5.41, 5.74) is 8.44. The Morgan fingerprint density at radius 1 is 1.22 bits per heavy atom. The van der Waals surface area contributed by atoms with E-state index in [1.807, 2.05) is 31.3 Å². The maximum atomic E-state index is 13.8. The predicted molar refractivity (Wildman–Crippen MR) is 76.1 cm³/mol. The van der Waals surface area contributed by atoms with Gasteiger partial charge in [0.15, 0.2) is 0 Å². The van der Waals surface area contributed by atoms with Gasteiger partial charge in [0.25, 0.3) is 0 Å². The summed E-state index contributed by atoms with van der Waals surface area (Å²) in [6.45, 7) is 0. The molecule has 94 valence electrons. The highest BCUT2D eigenvalue weighted by molar-refractivity contribution is 9.10. The zero-order valence-electron chi connectivity index (χ0n) is 9.95. The second-order valence-electron chi connectivity index (χ2n) is 4.02. The molecule has 0 aliphatic heterocycles. The average molecular weight is 309 g/mol. The summed E-state index contributed by atoms with van der Waals surface area (Å²) in [6, 6.07) is 12.0. The second kappa shape index (κ2) is 5.50. The van der Waals surface area contributed by atoms with Crippen molar-refractivity contribution in [2.45, 2.75) is 6.04 Å². The van der Waals surface area contributed by atoms with Crippen molar-refractivity contribution in [3.05, 3.63) is 63.9 Å². The molecular formula is C14H14BrFN2. The Bertz CT molecular complexity index is 557. The third-order valence-electron chi connectivity index (χ3n) is 2.83. The maximum absolute atomic E-state index is 13.8. The lowest BCUT2D eigenvalue weighted by atomic mass is 9.99. The first kappa shape index (κ1) is 13.1. The van der Waals surface area contributed by atoms with Crippen LogP contribution in [0.25, 0.3) is 0 Å². The van der Waals surface area contributed by atoms with Crippen LogP contribution < -0.4 is 11.1 Å². The third-order valence-corrected chi connectivity index (χ3v) is 3.32. The van der Waals surface area contributed by atoms with Crippen LogP contribution in [0.5, 0.6) is 0 Å². The maximum Gasteiger partial charge on any atom is 0.128 e. The first-order valence-electron chi connectivity index (χ1n) is 5.60. The van der Waals surface area contributed by atoms with Crippen molar-refractivity contribution in [3.8, 4) is 0 Å². The summed E-state index contributed by atoms with van der Waals surface area (Å²) in [5, 5.41) is 3.04. The van der Waals surface area contributed by atoms with Crippen molar-refractivity contribution < 1.29 is 4.39 Å². The van der Waals surface area contributed by atoms with Crippen LogP contribution in [0.3, 0.4) is 0 Å². The Morgan fingerprint density at radius 3 is 2.72 bits per heavy atom. The second-order valence-corrected chi connectivity index (χ2v) is 4.93. The quantitative estimate of drug-likeness (QED) is 0.908. The van der Waals surface area contributed by atoms with E-state index >= 15 is 0 Å². The van der Waals surface area contributed by atoms with Gasteiger partial charge in [0.1, 0.15) is 5.82 Å². The molecule has 4 heteroatoms. The molecule has 0 saturated heterocycles. The first-order valence-corrected chi connectivity index (χ1v) is 6.39. The minimum Gasteiger partial charge on any atom is -0.388 e. The number of anilines is 1. The SMILES string of the molecule is CNc1cccc(C(N)c2cc(Br)ccc2F)c1. The van der Waals surface area contributed by atoms with Gasteiger partial charge in [-0.25, -0.2) is 4.39 Å². The molecule has 1 atom stereocenters. The van der Waals surface area contributed by atoms with Crippen LogP contribution in [0.2, 0.25) is 0 Å². The number of halogens is 2. The minimum absolute atomic E-state index is 0.291. The number of hydrogen-bond donors (Lipinski definition) is 2. The fourth-order valence-corrected chi connectivity index (χ4v) is 2.20. The molecule has 0 bridgehead atoms. The molecule has 0 amide bonds. The summed E-state index contributed by atoms with van der Waals surface area (Å²) < 4.78 is 14.6. The van der Waals surface area contributed by atoms with Crippen LogP contribution in [-0.2, 0) is 0 Å². The lowest BCUT2D eigenvalue weighted by molar-refractivity contribution is 0.599. The van der Waals surface area contributed by atoms with E-state index in [0.29, 0.717) is 5.56 Å². The van der Waals surface area contributed by atoms with E-state index in [1.165, 1.54) is 6.07 Å². The molecule has 1 unspecified atom stereocenters. The van der Waals surface area contributed by atoms with E-state index in [0.717, 1.165) is 15.7 Å². The van der Waals surface area contributed by atoms with E-state index in [2.05, 4.69) is 21.2 Å². The molecule has 0 aromatic heterocycles. The summed E-state index contributed by atoms with van der Waals surface area (Å²) in [5.74, 6) is -0.291. The van der Waals surface area contributed by atoms with Crippen molar-refractivity contribution in [2.75, 3.05) is 12.4 Å². The fraction of sp³-hybridized carbons (Fsp3) is 0.143. The Hall–Kier alpha value is -1.39. The number of nitrogens with one attached hydrogen (secondary N) is 1. The Morgan fingerprint density at radius 2 is 2.00 bits per heavy atom. The van der Waals surface area contributed by atoms with E-state index in [-0.39, 0.29) is 5.82 Å². The van der Waals surface area contributed by atoms with Crippen LogP contribution in [0, 0.1) is 5.82 Å². The molecule has 2 aromatic rings. The van der Waals surface area contributed by atoms with Crippen molar-refractivity contribution in [1.29, 1.82) is 0 Å². The van der Waals surface area contributed by atoms with Gasteiger partial charge in [-0.2, -0.15) is 0 Å². The molecule has 2 rings (SSSR count). The van der Waals surface area contributed by atoms with E-state index in [9.17, 15) is 4.39 Å². The topological polar surface area (TPSA) is 38.0 Å². The van der Waals surface area contributed by atoms with Crippen LogP contribution in [0.1, 0.15) is 17.2 Å². The molecule has 0 aliphatic rings. The van der Waals surface area contributed by atoms with Gasteiger partial charge in [0, 0.05) is 22.8 Å². The highest BCUT2D eigenvalue weighted by atomic mass is 79.9. The van der Waals surface area contributed by atoms with E-state index < -0.39 is 6.04 Å². The zero-order chi connectivity index (χ0) is 13.1. The standard InChI is InChI=1S/C14H14BrFN2/c1-18-11-4-2-3-9(7-11)14(17)12-8-10(15)5-6-13(12)16/h2-8,14,18H,17H2,1H3. The number of rotatable bonds is 3.